The van der Waals surface area contributed by atoms with Gasteiger partial charge in [0.05, 0.1) is 0 Å². The summed E-state index contributed by atoms with van der Waals surface area (Å²) in [5, 5.41) is 3.71. The van der Waals surface area contributed by atoms with E-state index in [9.17, 15) is 4.57 Å². The molecule has 0 amide bonds. The zero-order valence-electron chi connectivity index (χ0n) is 10.2. The van der Waals surface area contributed by atoms with Crippen LogP contribution in [0.2, 0.25) is 5.02 Å². The number of hydrogen-bond donors (Lipinski definition) is 0. The summed E-state index contributed by atoms with van der Waals surface area (Å²) in [6.45, 7) is 0. The second kappa shape index (κ2) is 5.75. The van der Waals surface area contributed by atoms with Gasteiger partial charge in [0.15, 0.2) is 10.8 Å². The highest BCUT2D eigenvalue weighted by Gasteiger charge is 2.29. The summed E-state index contributed by atoms with van der Waals surface area (Å²) in [5.74, 6) is 0.170. The van der Waals surface area contributed by atoms with Gasteiger partial charge in [-0.25, -0.2) is 4.57 Å². The summed E-state index contributed by atoms with van der Waals surface area (Å²) in [5.41, 5.74) is 0.722. The van der Waals surface area contributed by atoms with Gasteiger partial charge in [0.25, 0.3) is 5.88 Å². The largest absolute Gasteiger partial charge is 0.530 e. The molecule has 0 fully saturated rings. The number of hydrogen-bond acceptors (Lipinski definition) is 6. The van der Waals surface area contributed by atoms with Crippen LogP contribution >= 0.6 is 19.4 Å². The molecule has 0 spiro atoms. The average Bonchev–Trinajstić information content (AvgIpc) is 2.81. The van der Waals surface area contributed by atoms with Crippen LogP contribution in [-0.4, -0.2) is 19.4 Å². The summed E-state index contributed by atoms with van der Waals surface area (Å²) in [6, 6.07) is 9.09. The van der Waals surface area contributed by atoms with Crippen LogP contribution in [0.15, 0.2) is 34.9 Å². The molecule has 8 heteroatoms. The van der Waals surface area contributed by atoms with Gasteiger partial charge in [-0.2, -0.15) is 0 Å². The maximum absolute atomic E-state index is 11.8. The van der Waals surface area contributed by atoms with Crippen molar-refractivity contribution in [3.63, 3.8) is 0 Å². The monoisotopic (exact) mass is 303 g/mol. The lowest BCUT2D eigenvalue weighted by Gasteiger charge is -2.11. The number of aromatic nitrogens is 1. The standard InChI is InChI=1S/C11H11ClNO5P/c1-15-19(14,16-2)18-11-9(12)10(17-13-11)8-6-4-3-5-7-8/h3-7H,1-2H3. The Kier molecular flexibility index (Phi) is 4.27. The molecule has 0 aliphatic heterocycles. The fourth-order valence-corrected chi connectivity index (χ4v) is 2.25. The van der Waals surface area contributed by atoms with Crippen molar-refractivity contribution >= 4 is 19.4 Å². The summed E-state index contributed by atoms with van der Waals surface area (Å²) < 4.78 is 31.2. The average molecular weight is 304 g/mol. The van der Waals surface area contributed by atoms with Gasteiger partial charge in [0, 0.05) is 19.8 Å². The van der Waals surface area contributed by atoms with Crippen molar-refractivity contribution in [2.45, 2.75) is 0 Å². The highest BCUT2D eigenvalue weighted by molar-refractivity contribution is 7.48. The summed E-state index contributed by atoms with van der Waals surface area (Å²) in [7, 11) is -1.33. The summed E-state index contributed by atoms with van der Waals surface area (Å²) >= 11 is 6.07. The van der Waals surface area contributed by atoms with E-state index in [2.05, 4.69) is 14.2 Å². The quantitative estimate of drug-likeness (QED) is 0.783. The molecule has 0 radical (unpaired) electrons. The molecule has 0 bridgehead atoms. The van der Waals surface area contributed by atoms with Crippen molar-refractivity contribution < 1.29 is 22.7 Å². The van der Waals surface area contributed by atoms with Crippen molar-refractivity contribution in [2.75, 3.05) is 14.2 Å². The van der Waals surface area contributed by atoms with Crippen molar-refractivity contribution in [3.8, 4) is 17.2 Å². The van der Waals surface area contributed by atoms with E-state index in [1.165, 1.54) is 14.2 Å². The minimum absolute atomic E-state index is 0.0977. The molecule has 0 aliphatic rings. The molecule has 0 saturated carbocycles. The fourth-order valence-electron chi connectivity index (χ4n) is 1.35. The van der Waals surface area contributed by atoms with Gasteiger partial charge in [-0.15, -0.1) is 0 Å². The Balaban J connectivity index is 2.32. The van der Waals surface area contributed by atoms with Gasteiger partial charge in [0.2, 0.25) is 0 Å². The van der Waals surface area contributed by atoms with Crippen LogP contribution in [0.25, 0.3) is 11.3 Å². The molecule has 0 aliphatic carbocycles. The van der Waals surface area contributed by atoms with E-state index in [-0.39, 0.29) is 10.9 Å². The van der Waals surface area contributed by atoms with Crippen molar-refractivity contribution in [2.24, 2.45) is 0 Å². The lowest BCUT2D eigenvalue weighted by molar-refractivity contribution is 0.205. The third kappa shape index (κ3) is 2.98. The van der Waals surface area contributed by atoms with Gasteiger partial charge < -0.3 is 9.05 Å². The predicted molar refractivity (Wildman–Crippen MR) is 69.2 cm³/mol. The number of phosphoric ester groups is 1. The third-order valence-electron chi connectivity index (χ3n) is 2.29. The molecule has 1 aromatic heterocycles. The smallest absolute Gasteiger partial charge is 0.380 e. The first-order valence-electron chi connectivity index (χ1n) is 5.21. The van der Waals surface area contributed by atoms with E-state index in [4.69, 9.17) is 20.6 Å². The number of phosphoric acid groups is 1. The van der Waals surface area contributed by atoms with Gasteiger partial charge >= 0.3 is 7.82 Å². The number of halogens is 1. The number of benzene rings is 1. The van der Waals surface area contributed by atoms with Crippen LogP contribution in [0.4, 0.5) is 0 Å². The Morgan fingerprint density at radius 3 is 2.42 bits per heavy atom. The molecular formula is C11H11ClNO5P. The lowest BCUT2D eigenvalue weighted by atomic mass is 10.2. The molecule has 6 nitrogen and oxygen atoms in total. The van der Waals surface area contributed by atoms with E-state index >= 15 is 0 Å². The maximum atomic E-state index is 11.8. The molecule has 1 aromatic carbocycles. The first kappa shape index (κ1) is 14.1. The van der Waals surface area contributed by atoms with E-state index in [1.54, 1.807) is 12.1 Å². The zero-order chi connectivity index (χ0) is 13.9. The van der Waals surface area contributed by atoms with Gasteiger partial charge in [-0.05, 0) is 5.16 Å². The lowest BCUT2D eigenvalue weighted by Crippen LogP contribution is -1.97. The van der Waals surface area contributed by atoms with Crippen molar-refractivity contribution in [1.82, 2.24) is 5.16 Å². The number of nitrogens with zero attached hydrogens (tertiary/aromatic N) is 1. The SMILES string of the molecule is COP(=O)(OC)Oc1noc(-c2ccccc2)c1Cl. The predicted octanol–water partition coefficient (Wildman–Crippen LogP) is 3.77. The minimum Gasteiger partial charge on any atom is -0.380 e. The molecule has 0 atom stereocenters. The highest BCUT2D eigenvalue weighted by Crippen LogP contribution is 2.50. The Hall–Kier alpha value is -1.33. The third-order valence-corrected chi connectivity index (χ3v) is 3.91. The molecule has 0 N–H and O–H groups in total. The van der Waals surface area contributed by atoms with Crippen LogP contribution in [0.5, 0.6) is 5.88 Å². The minimum atomic E-state index is -3.72. The molecule has 19 heavy (non-hydrogen) atoms. The topological polar surface area (TPSA) is 70.8 Å². The highest BCUT2D eigenvalue weighted by atomic mass is 35.5. The number of rotatable bonds is 5. The normalized spacial score (nSPS) is 11.5. The van der Waals surface area contributed by atoms with Crippen molar-refractivity contribution in [1.29, 1.82) is 0 Å². The first-order valence-corrected chi connectivity index (χ1v) is 7.05. The Labute approximate surface area is 114 Å². The molecular weight excluding hydrogens is 293 g/mol. The van der Waals surface area contributed by atoms with Crippen LogP contribution in [-0.2, 0) is 13.6 Å². The zero-order valence-corrected chi connectivity index (χ0v) is 11.9. The van der Waals surface area contributed by atoms with E-state index in [0.29, 0.717) is 5.76 Å². The molecule has 1 heterocycles. The van der Waals surface area contributed by atoms with Gasteiger partial charge in [-0.1, -0.05) is 41.9 Å². The maximum Gasteiger partial charge on any atom is 0.530 e. The van der Waals surface area contributed by atoms with E-state index in [1.807, 2.05) is 18.2 Å². The van der Waals surface area contributed by atoms with Crippen LogP contribution in [0, 0.1) is 0 Å². The Morgan fingerprint density at radius 1 is 1.21 bits per heavy atom. The van der Waals surface area contributed by atoms with E-state index in [0.717, 1.165) is 5.56 Å². The van der Waals surface area contributed by atoms with Crippen LogP contribution in [0.3, 0.4) is 0 Å². The molecule has 0 unspecified atom stereocenters. The Morgan fingerprint density at radius 2 is 1.84 bits per heavy atom. The molecule has 2 rings (SSSR count). The van der Waals surface area contributed by atoms with Crippen molar-refractivity contribution in [3.05, 3.63) is 35.4 Å². The van der Waals surface area contributed by atoms with Crippen LogP contribution in [0.1, 0.15) is 0 Å². The Bertz CT molecular complexity index is 592. The molecule has 0 saturated heterocycles. The first-order chi connectivity index (χ1) is 9.09. The second-order valence-corrected chi connectivity index (χ2v) is 5.59. The molecule has 2 aromatic rings. The van der Waals surface area contributed by atoms with Gasteiger partial charge in [0.1, 0.15) is 0 Å². The van der Waals surface area contributed by atoms with Gasteiger partial charge in [-0.3, -0.25) is 9.05 Å². The second-order valence-electron chi connectivity index (χ2n) is 3.40. The van der Waals surface area contributed by atoms with Crippen LogP contribution < -0.4 is 4.52 Å². The van der Waals surface area contributed by atoms with E-state index < -0.39 is 7.82 Å². The fraction of sp³-hybridized carbons (Fsp3) is 0.182. The summed E-state index contributed by atoms with van der Waals surface area (Å²) in [6.07, 6.45) is 0. The molecule has 102 valence electrons. The summed E-state index contributed by atoms with van der Waals surface area (Å²) in [4.78, 5) is 0.